The monoisotopic (exact) mass is 258 g/mol. The van der Waals surface area contributed by atoms with Crippen molar-refractivity contribution in [2.45, 2.75) is 25.8 Å². The van der Waals surface area contributed by atoms with E-state index in [9.17, 15) is 14.4 Å². The first-order valence-corrected chi connectivity index (χ1v) is 5.82. The largest absolute Gasteiger partial charge is 0.481 e. The van der Waals surface area contributed by atoms with E-state index < -0.39 is 17.9 Å². The number of nitrogens with zero attached hydrogens (tertiary/aromatic N) is 1. The van der Waals surface area contributed by atoms with Crippen molar-refractivity contribution in [1.29, 1.82) is 0 Å². The fourth-order valence-electron chi connectivity index (χ4n) is 2.20. The van der Waals surface area contributed by atoms with E-state index in [1.54, 1.807) is 4.90 Å². The maximum atomic E-state index is 11.0. The second-order valence-corrected chi connectivity index (χ2v) is 4.57. The first-order chi connectivity index (χ1) is 8.38. The van der Waals surface area contributed by atoms with Gasteiger partial charge < -0.3 is 15.5 Å². The maximum absolute atomic E-state index is 11.0. The number of hydrogen-bond acceptors (Lipinski definition) is 4. The molecule has 1 rings (SSSR count). The normalized spacial score (nSPS) is 24.5. The Bertz CT molecular complexity index is 344. The second kappa shape index (κ2) is 6.34. The standard InChI is InChI=1S/C11H18N2O5/c1-7(14)12-9-4-8(11(17)18)5-13(6-9)3-2-10(15)16/h8-9H,2-6H2,1H3,(H,12,14)(H,15,16)(H,17,18). The minimum atomic E-state index is -0.913. The SMILES string of the molecule is CC(=O)NC1CC(C(=O)O)CN(CCC(=O)O)C1. The zero-order chi connectivity index (χ0) is 13.7. The van der Waals surface area contributed by atoms with Crippen LogP contribution < -0.4 is 5.32 Å². The van der Waals surface area contributed by atoms with Crippen LogP contribution in [0.2, 0.25) is 0 Å². The predicted octanol–water partition coefficient (Wildman–Crippen LogP) is -0.628. The predicted molar refractivity (Wildman–Crippen MR) is 62.0 cm³/mol. The molecule has 102 valence electrons. The molecule has 1 fully saturated rings. The molecular weight excluding hydrogens is 240 g/mol. The van der Waals surface area contributed by atoms with E-state index in [1.165, 1.54) is 6.92 Å². The summed E-state index contributed by atoms with van der Waals surface area (Å²) >= 11 is 0. The van der Waals surface area contributed by atoms with E-state index in [1.807, 2.05) is 0 Å². The molecule has 1 aliphatic rings. The molecule has 3 N–H and O–H groups in total. The Labute approximate surface area is 105 Å². The summed E-state index contributed by atoms with van der Waals surface area (Å²) in [5, 5.41) is 20.3. The van der Waals surface area contributed by atoms with Gasteiger partial charge >= 0.3 is 11.9 Å². The summed E-state index contributed by atoms with van der Waals surface area (Å²) in [5.41, 5.74) is 0. The Balaban J connectivity index is 2.58. The molecule has 0 saturated carbocycles. The lowest BCUT2D eigenvalue weighted by Gasteiger charge is -2.36. The van der Waals surface area contributed by atoms with Crippen LogP contribution in [0, 0.1) is 5.92 Å². The number of piperidine rings is 1. The van der Waals surface area contributed by atoms with Crippen LogP contribution in [0.5, 0.6) is 0 Å². The smallest absolute Gasteiger partial charge is 0.307 e. The Morgan fingerprint density at radius 3 is 2.44 bits per heavy atom. The van der Waals surface area contributed by atoms with Crippen molar-refractivity contribution in [1.82, 2.24) is 10.2 Å². The number of carboxylic acids is 2. The number of likely N-dealkylation sites (tertiary alicyclic amines) is 1. The third-order valence-electron chi connectivity index (χ3n) is 2.92. The van der Waals surface area contributed by atoms with Gasteiger partial charge in [-0.25, -0.2) is 0 Å². The molecule has 1 saturated heterocycles. The lowest BCUT2D eigenvalue weighted by molar-refractivity contribution is -0.144. The Morgan fingerprint density at radius 2 is 1.94 bits per heavy atom. The third kappa shape index (κ3) is 4.70. The van der Waals surface area contributed by atoms with E-state index in [4.69, 9.17) is 10.2 Å². The minimum Gasteiger partial charge on any atom is -0.481 e. The number of hydrogen-bond donors (Lipinski definition) is 3. The quantitative estimate of drug-likeness (QED) is 0.606. The maximum Gasteiger partial charge on any atom is 0.307 e. The third-order valence-corrected chi connectivity index (χ3v) is 2.92. The van der Waals surface area contributed by atoms with Gasteiger partial charge in [-0.3, -0.25) is 19.3 Å². The molecular formula is C11H18N2O5. The van der Waals surface area contributed by atoms with E-state index >= 15 is 0 Å². The van der Waals surface area contributed by atoms with Crippen molar-refractivity contribution >= 4 is 17.8 Å². The number of nitrogens with one attached hydrogen (secondary N) is 1. The molecule has 2 atom stereocenters. The first-order valence-electron chi connectivity index (χ1n) is 5.82. The van der Waals surface area contributed by atoms with Crippen molar-refractivity contribution in [3.05, 3.63) is 0 Å². The average molecular weight is 258 g/mol. The fourth-order valence-corrected chi connectivity index (χ4v) is 2.20. The lowest BCUT2D eigenvalue weighted by Crippen LogP contribution is -2.52. The average Bonchev–Trinajstić information content (AvgIpc) is 2.25. The minimum absolute atomic E-state index is 0.0286. The topological polar surface area (TPSA) is 107 Å². The van der Waals surface area contributed by atoms with Gasteiger partial charge in [-0.15, -0.1) is 0 Å². The number of carbonyl (C=O) groups excluding carboxylic acids is 1. The highest BCUT2D eigenvalue weighted by atomic mass is 16.4. The van der Waals surface area contributed by atoms with Gasteiger partial charge in [-0.05, 0) is 6.42 Å². The molecule has 0 radical (unpaired) electrons. The number of carboxylic acid groups (broad SMARTS) is 2. The molecule has 7 nitrogen and oxygen atoms in total. The zero-order valence-electron chi connectivity index (χ0n) is 10.3. The molecule has 0 aromatic carbocycles. The van der Waals surface area contributed by atoms with E-state index in [2.05, 4.69) is 5.32 Å². The summed E-state index contributed by atoms with van der Waals surface area (Å²) in [6.07, 6.45) is 0.359. The fraction of sp³-hybridized carbons (Fsp3) is 0.727. The lowest BCUT2D eigenvalue weighted by atomic mass is 9.94. The van der Waals surface area contributed by atoms with E-state index in [-0.39, 0.29) is 18.4 Å². The molecule has 18 heavy (non-hydrogen) atoms. The van der Waals surface area contributed by atoms with Gasteiger partial charge in [-0.2, -0.15) is 0 Å². The van der Waals surface area contributed by atoms with E-state index in [0.29, 0.717) is 26.1 Å². The van der Waals surface area contributed by atoms with Crippen LogP contribution in [0.4, 0.5) is 0 Å². The van der Waals surface area contributed by atoms with Crippen LogP contribution in [0.25, 0.3) is 0 Å². The van der Waals surface area contributed by atoms with Gasteiger partial charge in [0.2, 0.25) is 5.91 Å². The van der Waals surface area contributed by atoms with Gasteiger partial charge in [0.05, 0.1) is 12.3 Å². The van der Waals surface area contributed by atoms with Crippen LogP contribution >= 0.6 is 0 Å². The number of aliphatic carboxylic acids is 2. The highest BCUT2D eigenvalue weighted by Gasteiger charge is 2.31. The molecule has 0 aromatic rings. The Kier molecular flexibility index (Phi) is 5.08. The van der Waals surface area contributed by atoms with Crippen molar-refractivity contribution in [3.63, 3.8) is 0 Å². The van der Waals surface area contributed by atoms with Crippen LogP contribution in [0.1, 0.15) is 19.8 Å². The van der Waals surface area contributed by atoms with Crippen LogP contribution in [-0.2, 0) is 14.4 Å². The van der Waals surface area contributed by atoms with Gasteiger partial charge in [-0.1, -0.05) is 0 Å². The molecule has 0 spiro atoms. The first kappa shape index (κ1) is 14.4. The Morgan fingerprint density at radius 1 is 1.28 bits per heavy atom. The highest BCUT2D eigenvalue weighted by Crippen LogP contribution is 2.17. The Hall–Kier alpha value is -1.63. The van der Waals surface area contributed by atoms with Crippen molar-refractivity contribution in [2.75, 3.05) is 19.6 Å². The summed E-state index contributed by atoms with van der Waals surface area (Å²) < 4.78 is 0. The summed E-state index contributed by atoms with van der Waals surface area (Å²) in [6.45, 7) is 2.51. The molecule has 0 aliphatic carbocycles. The summed E-state index contributed by atoms with van der Waals surface area (Å²) in [7, 11) is 0. The molecule has 1 aliphatic heterocycles. The zero-order valence-corrected chi connectivity index (χ0v) is 10.3. The van der Waals surface area contributed by atoms with E-state index in [0.717, 1.165) is 0 Å². The molecule has 7 heteroatoms. The molecule has 1 heterocycles. The van der Waals surface area contributed by atoms with Crippen molar-refractivity contribution < 1.29 is 24.6 Å². The van der Waals surface area contributed by atoms with Crippen LogP contribution in [0.3, 0.4) is 0 Å². The molecule has 2 unspecified atom stereocenters. The summed E-state index contributed by atoms with van der Waals surface area (Å²) in [4.78, 5) is 34.3. The van der Waals surface area contributed by atoms with Crippen molar-refractivity contribution in [2.24, 2.45) is 5.92 Å². The second-order valence-electron chi connectivity index (χ2n) is 4.57. The summed E-state index contributed by atoms with van der Waals surface area (Å²) in [6, 6.07) is -0.230. The molecule has 0 bridgehead atoms. The highest BCUT2D eigenvalue weighted by molar-refractivity contribution is 5.74. The van der Waals surface area contributed by atoms with Crippen LogP contribution in [0.15, 0.2) is 0 Å². The van der Waals surface area contributed by atoms with Gasteiger partial charge in [0, 0.05) is 32.6 Å². The summed E-state index contributed by atoms with van der Waals surface area (Å²) in [5.74, 6) is -2.59. The number of carbonyl (C=O) groups is 3. The van der Waals surface area contributed by atoms with Gasteiger partial charge in [0.25, 0.3) is 0 Å². The number of amides is 1. The van der Waals surface area contributed by atoms with Crippen molar-refractivity contribution in [3.8, 4) is 0 Å². The van der Waals surface area contributed by atoms with Gasteiger partial charge in [0.1, 0.15) is 0 Å². The molecule has 0 aromatic heterocycles. The van der Waals surface area contributed by atoms with Gasteiger partial charge in [0.15, 0.2) is 0 Å². The number of rotatable bonds is 5. The van der Waals surface area contributed by atoms with Crippen LogP contribution in [-0.4, -0.2) is 58.6 Å². The molecule has 1 amide bonds.